The molecule has 3 atom stereocenters. The van der Waals surface area contributed by atoms with E-state index in [0.717, 1.165) is 18.4 Å². The molecule has 1 aliphatic heterocycles. The molecule has 0 aliphatic carbocycles. The lowest BCUT2D eigenvalue weighted by Gasteiger charge is -2.36. The van der Waals surface area contributed by atoms with Crippen LogP contribution in [-0.2, 0) is 25.5 Å². The summed E-state index contributed by atoms with van der Waals surface area (Å²) in [5.41, 5.74) is 6.73. The highest BCUT2D eigenvalue weighted by atomic mass is 16.5. The third kappa shape index (κ3) is 6.77. The third-order valence-corrected chi connectivity index (χ3v) is 6.04. The van der Waals surface area contributed by atoms with Gasteiger partial charge in [-0.2, -0.15) is 0 Å². The summed E-state index contributed by atoms with van der Waals surface area (Å²) in [6.45, 7) is 0.935. The Balaban J connectivity index is 2.22. The number of esters is 1. The molecule has 1 aromatic rings. The Labute approximate surface area is 184 Å². The fourth-order valence-corrected chi connectivity index (χ4v) is 4.25. The standard InChI is InChI=1S/C23H35N3O5/c1-25(20(23(30)31-2)14-13-17-9-4-3-5-10-17)18(11-6-7-15-24)21(27)26-16-8-12-19(26)22(28)29/h3-5,9-10,18-20H,6-8,11-16,24H2,1-2H3,(H,28,29)/t18-,19-,20?/m0/s1. The van der Waals surface area contributed by atoms with E-state index in [2.05, 4.69) is 0 Å². The van der Waals surface area contributed by atoms with Crippen LogP contribution in [0.25, 0.3) is 0 Å². The number of ether oxygens (including phenoxy) is 1. The van der Waals surface area contributed by atoms with Gasteiger partial charge in [0.25, 0.3) is 0 Å². The highest BCUT2D eigenvalue weighted by molar-refractivity contribution is 5.88. The fourth-order valence-electron chi connectivity index (χ4n) is 4.25. The Morgan fingerprint density at radius 1 is 1.19 bits per heavy atom. The average Bonchev–Trinajstić information content (AvgIpc) is 3.27. The minimum absolute atomic E-state index is 0.238. The molecule has 1 fully saturated rings. The van der Waals surface area contributed by atoms with Crippen LogP contribution < -0.4 is 5.73 Å². The highest BCUT2D eigenvalue weighted by Crippen LogP contribution is 2.24. The van der Waals surface area contributed by atoms with Gasteiger partial charge in [0.15, 0.2) is 0 Å². The summed E-state index contributed by atoms with van der Waals surface area (Å²) in [5.74, 6) is -1.62. The van der Waals surface area contributed by atoms with Crippen molar-refractivity contribution >= 4 is 17.8 Å². The van der Waals surface area contributed by atoms with Gasteiger partial charge in [0.2, 0.25) is 5.91 Å². The number of likely N-dealkylation sites (N-methyl/N-ethyl adjacent to an activating group) is 1. The number of carbonyl (C=O) groups excluding carboxylic acids is 2. The molecule has 3 N–H and O–H groups in total. The molecule has 172 valence electrons. The minimum Gasteiger partial charge on any atom is -0.480 e. The number of unbranched alkanes of at least 4 members (excludes halogenated alkanes) is 1. The second-order valence-corrected chi connectivity index (χ2v) is 8.06. The summed E-state index contributed by atoms with van der Waals surface area (Å²) < 4.78 is 5.04. The van der Waals surface area contributed by atoms with Gasteiger partial charge < -0.3 is 20.5 Å². The molecule has 31 heavy (non-hydrogen) atoms. The van der Waals surface area contributed by atoms with Gasteiger partial charge in [-0.3, -0.25) is 14.5 Å². The number of rotatable bonds is 12. The van der Waals surface area contributed by atoms with Crippen molar-refractivity contribution in [3.63, 3.8) is 0 Å². The number of hydrogen-bond donors (Lipinski definition) is 2. The van der Waals surface area contributed by atoms with E-state index in [1.165, 1.54) is 12.0 Å². The third-order valence-electron chi connectivity index (χ3n) is 6.04. The molecule has 1 heterocycles. The average molecular weight is 434 g/mol. The number of amides is 1. The largest absolute Gasteiger partial charge is 0.480 e. The number of nitrogens with zero attached hydrogens (tertiary/aromatic N) is 2. The van der Waals surface area contributed by atoms with Crippen molar-refractivity contribution in [2.75, 3.05) is 27.2 Å². The Morgan fingerprint density at radius 3 is 2.52 bits per heavy atom. The smallest absolute Gasteiger partial charge is 0.326 e. The molecule has 0 spiro atoms. The topological polar surface area (TPSA) is 113 Å². The quantitative estimate of drug-likeness (QED) is 0.381. The molecular formula is C23H35N3O5. The Bertz CT molecular complexity index is 727. The number of likely N-dealkylation sites (tertiary alicyclic amines) is 1. The van der Waals surface area contributed by atoms with E-state index >= 15 is 0 Å². The molecule has 0 aromatic heterocycles. The summed E-state index contributed by atoms with van der Waals surface area (Å²) in [6, 6.07) is 7.82. The number of methoxy groups -OCH3 is 1. The van der Waals surface area contributed by atoms with Crippen LogP contribution in [0.2, 0.25) is 0 Å². The van der Waals surface area contributed by atoms with Gasteiger partial charge in [-0.15, -0.1) is 0 Å². The van der Waals surface area contributed by atoms with E-state index in [1.54, 1.807) is 11.9 Å². The Morgan fingerprint density at radius 2 is 1.90 bits per heavy atom. The van der Waals surface area contributed by atoms with E-state index in [9.17, 15) is 19.5 Å². The maximum atomic E-state index is 13.4. The van der Waals surface area contributed by atoms with Crippen LogP contribution in [0.4, 0.5) is 0 Å². The number of benzene rings is 1. The SMILES string of the molecule is COC(=O)C(CCc1ccccc1)N(C)[C@@H](CCCCN)C(=O)N1CCC[C@H]1C(=O)O. The Kier molecular flexibility index (Phi) is 9.94. The Hall–Kier alpha value is -2.45. The van der Waals surface area contributed by atoms with Crippen molar-refractivity contribution in [2.24, 2.45) is 5.73 Å². The van der Waals surface area contributed by atoms with Crippen LogP contribution >= 0.6 is 0 Å². The number of carbonyl (C=O) groups is 3. The van der Waals surface area contributed by atoms with Gasteiger partial charge >= 0.3 is 11.9 Å². The van der Waals surface area contributed by atoms with Gasteiger partial charge in [0.1, 0.15) is 12.1 Å². The lowest BCUT2D eigenvalue weighted by atomic mass is 10.00. The predicted molar refractivity (Wildman–Crippen MR) is 117 cm³/mol. The summed E-state index contributed by atoms with van der Waals surface area (Å²) in [5, 5.41) is 9.51. The molecular weight excluding hydrogens is 398 g/mol. The number of aliphatic carboxylic acids is 1. The molecule has 2 rings (SSSR count). The van der Waals surface area contributed by atoms with E-state index in [0.29, 0.717) is 45.2 Å². The molecule has 1 amide bonds. The minimum atomic E-state index is -0.984. The predicted octanol–water partition coefficient (Wildman–Crippen LogP) is 1.67. The van der Waals surface area contributed by atoms with Crippen LogP contribution in [0.15, 0.2) is 30.3 Å². The lowest BCUT2D eigenvalue weighted by molar-refractivity contribution is -0.154. The molecule has 0 saturated carbocycles. The number of aryl methyl sites for hydroxylation is 1. The first-order chi connectivity index (χ1) is 14.9. The first-order valence-corrected chi connectivity index (χ1v) is 11.0. The van der Waals surface area contributed by atoms with Gasteiger partial charge in [-0.1, -0.05) is 36.8 Å². The van der Waals surface area contributed by atoms with E-state index in [1.807, 2.05) is 30.3 Å². The maximum Gasteiger partial charge on any atom is 0.326 e. The number of nitrogens with two attached hydrogens (primary N) is 1. The van der Waals surface area contributed by atoms with Crippen LogP contribution in [-0.4, -0.2) is 78.1 Å². The van der Waals surface area contributed by atoms with Gasteiger partial charge in [-0.25, -0.2) is 4.79 Å². The summed E-state index contributed by atoms with van der Waals surface area (Å²) in [4.78, 5) is 40.9. The zero-order valence-electron chi connectivity index (χ0n) is 18.5. The second-order valence-electron chi connectivity index (χ2n) is 8.06. The molecule has 1 saturated heterocycles. The van der Waals surface area contributed by atoms with Crippen molar-refractivity contribution < 1.29 is 24.2 Å². The van der Waals surface area contributed by atoms with Gasteiger partial charge in [0.05, 0.1) is 13.2 Å². The zero-order chi connectivity index (χ0) is 22.8. The normalized spacial score (nSPS) is 18.1. The first-order valence-electron chi connectivity index (χ1n) is 11.0. The summed E-state index contributed by atoms with van der Waals surface area (Å²) in [7, 11) is 3.10. The molecule has 8 nitrogen and oxygen atoms in total. The summed E-state index contributed by atoms with van der Waals surface area (Å²) >= 11 is 0. The monoisotopic (exact) mass is 433 g/mol. The molecule has 1 unspecified atom stereocenters. The van der Waals surface area contributed by atoms with Crippen molar-refractivity contribution in [2.45, 2.75) is 63.1 Å². The van der Waals surface area contributed by atoms with E-state index in [4.69, 9.17) is 10.5 Å². The van der Waals surface area contributed by atoms with Gasteiger partial charge in [0, 0.05) is 6.54 Å². The molecule has 0 bridgehead atoms. The molecule has 1 aliphatic rings. The van der Waals surface area contributed by atoms with Crippen molar-refractivity contribution in [1.29, 1.82) is 0 Å². The van der Waals surface area contributed by atoms with Crippen LogP contribution in [0.1, 0.15) is 44.1 Å². The molecule has 8 heteroatoms. The zero-order valence-corrected chi connectivity index (χ0v) is 18.5. The first kappa shape index (κ1) is 24.8. The van der Waals surface area contributed by atoms with Crippen LogP contribution in [0, 0.1) is 0 Å². The fraction of sp³-hybridized carbons (Fsp3) is 0.609. The van der Waals surface area contributed by atoms with Crippen molar-refractivity contribution in [3.05, 3.63) is 35.9 Å². The van der Waals surface area contributed by atoms with Crippen LogP contribution in [0.5, 0.6) is 0 Å². The highest BCUT2D eigenvalue weighted by Gasteiger charge is 2.40. The molecule has 0 radical (unpaired) electrons. The number of carboxylic acid groups (broad SMARTS) is 1. The van der Waals surface area contributed by atoms with E-state index in [-0.39, 0.29) is 5.91 Å². The van der Waals surface area contributed by atoms with Gasteiger partial charge in [-0.05, 0) is 57.7 Å². The number of hydrogen-bond acceptors (Lipinski definition) is 6. The lowest BCUT2D eigenvalue weighted by Crippen LogP contribution is -2.55. The maximum absolute atomic E-state index is 13.4. The van der Waals surface area contributed by atoms with Crippen LogP contribution in [0.3, 0.4) is 0 Å². The van der Waals surface area contributed by atoms with E-state index < -0.39 is 30.1 Å². The second kappa shape index (κ2) is 12.4. The van der Waals surface area contributed by atoms with Crippen molar-refractivity contribution in [1.82, 2.24) is 9.80 Å². The van der Waals surface area contributed by atoms with Crippen molar-refractivity contribution in [3.8, 4) is 0 Å². The molecule has 1 aromatic carbocycles. The number of carboxylic acids is 1. The summed E-state index contributed by atoms with van der Waals surface area (Å²) in [6.07, 6.45) is 4.26.